The minimum Gasteiger partial charge on any atom is -0.322 e. The molecule has 5 heteroatoms. The van der Waals surface area contributed by atoms with Crippen molar-refractivity contribution in [2.45, 2.75) is 11.8 Å². The van der Waals surface area contributed by atoms with E-state index in [0.717, 1.165) is 27.4 Å². The number of thiophene rings is 1. The first-order valence-corrected chi connectivity index (χ1v) is 11.0. The number of amides is 1. The normalized spacial score (nSPS) is 10.8. The molecule has 0 aliphatic rings. The third-order valence-corrected chi connectivity index (χ3v) is 6.18. The zero-order chi connectivity index (χ0) is 19.5. The Morgan fingerprint density at radius 3 is 2.57 bits per heavy atom. The lowest BCUT2D eigenvalue weighted by Crippen LogP contribution is -2.13. The number of carbonyl (C=O) groups excluding carboxylic acids is 1. The van der Waals surface area contributed by atoms with Crippen LogP contribution in [0.2, 0.25) is 0 Å². The van der Waals surface area contributed by atoms with E-state index in [-0.39, 0.29) is 5.91 Å². The molecule has 0 aliphatic heterocycles. The van der Waals surface area contributed by atoms with Gasteiger partial charge in [-0.2, -0.15) is 0 Å². The highest BCUT2D eigenvalue weighted by Gasteiger charge is 2.20. The van der Waals surface area contributed by atoms with E-state index in [1.807, 2.05) is 59.6 Å². The zero-order valence-electron chi connectivity index (χ0n) is 15.7. The SMILES string of the molecule is CSc1cccc(NC(=O)c2scc(-c3cccc(C)c3)c2-n2cccc2)c1. The number of hydrogen-bond donors (Lipinski definition) is 1. The lowest BCUT2D eigenvalue weighted by molar-refractivity contribution is 0.103. The second-order valence-electron chi connectivity index (χ2n) is 6.47. The Labute approximate surface area is 173 Å². The summed E-state index contributed by atoms with van der Waals surface area (Å²) in [5.74, 6) is -0.0918. The number of rotatable bonds is 5. The average molecular weight is 405 g/mol. The molecule has 0 spiro atoms. The van der Waals surface area contributed by atoms with Crippen LogP contribution in [0.1, 0.15) is 15.2 Å². The summed E-state index contributed by atoms with van der Waals surface area (Å²) in [6.45, 7) is 2.08. The van der Waals surface area contributed by atoms with Crippen LogP contribution in [0.15, 0.2) is 83.3 Å². The summed E-state index contributed by atoms with van der Waals surface area (Å²) in [6, 6.07) is 20.2. The number of anilines is 1. The van der Waals surface area contributed by atoms with Crippen molar-refractivity contribution >= 4 is 34.7 Å². The van der Waals surface area contributed by atoms with Crippen LogP contribution in [0, 0.1) is 6.92 Å². The van der Waals surface area contributed by atoms with Gasteiger partial charge in [-0.25, -0.2) is 0 Å². The van der Waals surface area contributed by atoms with E-state index >= 15 is 0 Å². The minimum absolute atomic E-state index is 0.0918. The first-order valence-electron chi connectivity index (χ1n) is 8.93. The Hall–Kier alpha value is -2.76. The number of thioether (sulfide) groups is 1. The average Bonchev–Trinajstić information content (AvgIpc) is 3.37. The molecule has 1 amide bonds. The van der Waals surface area contributed by atoms with Gasteiger partial charge in [0, 0.05) is 33.9 Å². The van der Waals surface area contributed by atoms with E-state index < -0.39 is 0 Å². The van der Waals surface area contributed by atoms with E-state index in [0.29, 0.717) is 4.88 Å². The lowest BCUT2D eigenvalue weighted by atomic mass is 10.0. The Morgan fingerprint density at radius 2 is 1.82 bits per heavy atom. The van der Waals surface area contributed by atoms with Gasteiger partial charge in [-0.3, -0.25) is 4.79 Å². The van der Waals surface area contributed by atoms with E-state index in [9.17, 15) is 4.79 Å². The van der Waals surface area contributed by atoms with Crippen LogP contribution in [0.3, 0.4) is 0 Å². The third kappa shape index (κ3) is 3.77. The quantitative estimate of drug-likeness (QED) is 0.386. The number of benzene rings is 2. The molecule has 0 saturated carbocycles. The highest BCUT2D eigenvalue weighted by Crippen LogP contribution is 2.36. The molecular weight excluding hydrogens is 384 g/mol. The Balaban J connectivity index is 1.75. The maximum absolute atomic E-state index is 13.1. The molecule has 1 N–H and O–H groups in total. The van der Waals surface area contributed by atoms with Gasteiger partial charge in [0.05, 0.1) is 5.69 Å². The molecule has 0 aliphatic carbocycles. The second-order valence-corrected chi connectivity index (χ2v) is 8.23. The number of nitrogens with one attached hydrogen (secondary N) is 1. The van der Waals surface area contributed by atoms with E-state index in [1.165, 1.54) is 16.9 Å². The van der Waals surface area contributed by atoms with Gasteiger partial charge in [0.2, 0.25) is 0 Å². The first-order chi connectivity index (χ1) is 13.7. The maximum atomic E-state index is 13.1. The van der Waals surface area contributed by atoms with Crippen molar-refractivity contribution in [1.29, 1.82) is 0 Å². The predicted molar refractivity (Wildman–Crippen MR) is 120 cm³/mol. The fraction of sp³-hybridized carbons (Fsp3) is 0.0870. The van der Waals surface area contributed by atoms with E-state index in [4.69, 9.17) is 0 Å². The predicted octanol–water partition coefficient (Wildman–Crippen LogP) is 6.49. The van der Waals surface area contributed by atoms with Crippen LogP contribution in [0.4, 0.5) is 5.69 Å². The molecule has 4 aromatic rings. The largest absolute Gasteiger partial charge is 0.322 e. The topological polar surface area (TPSA) is 34.0 Å². The molecule has 28 heavy (non-hydrogen) atoms. The molecule has 0 bridgehead atoms. The van der Waals surface area contributed by atoms with Crippen LogP contribution >= 0.6 is 23.1 Å². The summed E-state index contributed by atoms with van der Waals surface area (Å²) in [5, 5.41) is 5.12. The number of carbonyl (C=O) groups is 1. The fourth-order valence-corrected chi connectivity index (χ4v) is 4.59. The maximum Gasteiger partial charge on any atom is 0.267 e. The molecule has 2 aromatic heterocycles. The van der Waals surface area contributed by atoms with Crippen molar-refractivity contribution < 1.29 is 4.79 Å². The number of hydrogen-bond acceptors (Lipinski definition) is 3. The van der Waals surface area contributed by atoms with Crippen molar-refractivity contribution in [2.75, 3.05) is 11.6 Å². The van der Waals surface area contributed by atoms with Gasteiger partial charge in [-0.05, 0) is 49.1 Å². The van der Waals surface area contributed by atoms with Gasteiger partial charge in [-0.1, -0.05) is 35.9 Å². The van der Waals surface area contributed by atoms with Crippen LogP contribution in [-0.4, -0.2) is 16.7 Å². The lowest BCUT2D eigenvalue weighted by Gasteiger charge is -2.11. The highest BCUT2D eigenvalue weighted by atomic mass is 32.2. The molecule has 0 saturated heterocycles. The van der Waals surface area contributed by atoms with Crippen LogP contribution in [0.25, 0.3) is 16.8 Å². The molecule has 2 aromatic carbocycles. The Kier molecular flexibility index (Phi) is 5.37. The molecule has 0 unspecified atom stereocenters. The second kappa shape index (κ2) is 8.09. The number of nitrogens with zero attached hydrogens (tertiary/aromatic N) is 1. The number of aryl methyl sites for hydroxylation is 1. The van der Waals surface area contributed by atoms with Crippen molar-refractivity contribution in [3.05, 3.63) is 88.9 Å². The summed E-state index contributed by atoms with van der Waals surface area (Å²) >= 11 is 3.13. The van der Waals surface area contributed by atoms with Gasteiger partial charge in [0.15, 0.2) is 0 Å². The van der Waals surface area contributed by atoms with Crippen LogP contribution in [0.5, 0.6) is 0 Å². The van der Waals surface area contributed by atoms with Gasteiger partial charge in [0.25, 0.3) is 5.91 Å². The van der Waals surface area contributed by atoms with Gasteiger partial charge in [0.1, 0.15) is 4.88 Å². The van der Waals surface area contributed by atoms with Crippen molar-refractivity contribution in [2.24, 2.45) is 0 Å². The van der Waals surface area contributed by atoms with Gasteiger partial charge < -0.3 is 9.88 Å². The van der Waals surface area contributed by atoms with E-state index in [1.54, 1.807) is 11.8 Å². The smallest absolute Gasteiger partial charge is 0.267 e. The van der Waals surface area contributed by atoms with Gasteiger partial charge in [-0.15, -0.1) is 23.1 Å². The van der Waals surface area contributed by atoms with Crippen molar-refractivity contribution in [3.63, 3.8) is 0 Å². The molecule has 0 atom stereocenters. The molecule has 2 heterocycles. The Morgan fingerprint density at radius 1 is 1.04 bits per heavy atom. The van der Waals surface area contributed by atoms with Crippen molar-refractivity contribution in [3.8, 4) is 16.8 Å². The standard InChI is InChI=1S/C23H20N2OS2/c1-16-7-5-8-17(13-16)20-15-28-22(21(20)25-11-3-4-12-25)23(26)24-18-9-6-10-19(14-18)27-2/h3-15H,1-2H3,(H,24,26). The Bertz CT molecular complexity index is 1110. The van der Waals surface area contributed by atoms with Crippen LogP contribution in [-0.2, 0) is 0 Å². The summed E-state index contributed by atoms with van der Waals surface area (Å²) < 4.78 is 2.02. The summed E-state index contributed by atoms with van der Waals surface area (Å²) in [5.41, 5.74) is 5.10. The van der Waals surface area contributed by atoms with Crippen molar-refractivity contribution in [1.82, 2.24) is 4.57 Å². The molecule has 140 valence electrons. The zero-order valence-corrected chi connectivity index (χ0v) is 17.3. The van der Waals surface area contributed by atoms with Gasteiger partial charge >= 0.3 is 0 Å². The molecule has 0 fully saturated rings. The summed E-state index contributed by atoms with van der Waals surface area (Å²) in [4.78, 5) is 14.9. The summed E-state index contributed by atoms with van der Waals surface area (Å²) in [7, 11) is 0. The molecule has 3 nitrogen and oxygen atoms in total. The number of aromatic nitrogens is 1. The summed E-state index contributed by atoms with van der Waals surface area (Å²) in [6.07, 6.45) is 5.98. The third-order valence-electron chi connectivity index (χ3n) is 4.49. The monoisotopic (exact) mass is 404 g/mol. The van der Waals surface area contributed by atoms with Crippen LogP contribution < -0.4 is 5.32 Å². The minimum atomic E-state index is -0.0918. The molecule has 0 radical (unpaired) electrons. The highest BCUT2D eigenvalue weighted by molar-refractivity contribution is 7.98. The molecule has 4 rings (SSSR count). The molecular formula is C23H20N2OS2. The fourth-order valence-electron chi connectivity index (χ4n) is 3.16. The first kappa shape index (κ1) is 18.6. The van der Waals surface area contributed by atoms with E-state index in [2.05, 4.69) is 41.9 Å².